The van der Waals surface area contributed by atoms with Crippen LogP contribution in [0.25, 0.3) is 151 Å². The Balaban J connectivity index is 0.909. The topological polar surface area (TPSA) is 0 Å². The molecule has 0 aliphatic heterocycles. The molecule has 14 aromatic rings. The molecule has 0 spiro atoms. The van der Waals surface area contributed by atoms with Crippen LogP contribution in [0.5, 0.6) is 0 Å². The molecule has 336 valence electrons. The zero-order chi connectivity index (χ0) is 47.0. The monoisotopic (exact) mass is 948 g/mol. The molecular formula is C70H44S2. The van der Waals surface area contributed by atoms with Crippen LogP contribution >= 0.6 is 22.7 Å². The zero-order valence-corrected chi connectivity index (χ0v) is 41.1. The van der Waals surface area contributed by atoms with Crippen LogP contribution in [0.3, 0.4) is 0 Å². The first-order valence-corrected chi connectivity index (χ1v) is 27.1. The van der Waals surface area contributed by atoms with Gasteiger partial charge >= 0.3 is 0 Å². The second-order valence-corrected chi connectivity index (χ2v) is 22.0. The SMILES string of the molecule is C1=Cc2c(cccc2-c2c3c(c(-c4ccc5c(c4)sc4c6sc7cc(-c8c9ccccc9c(-c9cccc%10ccccc9%10)c9ccccc89)ccc7c6c6ccccc6c54)c4ccccc24)CCC=C3)CC1. The van der Waals surface area contributed by atoms with E-state index < -0.39 is 0 Å². The number of hydrogen-bond donors (Lipinski definition) is 0. The lowest BCUT2D eigenvalue weighted by atomic mass is 9.78. The fourth-order valence-electron chi connectivity index (χ4n) is 13.1. The summed E-state index contributed by atoms with van der Waals surface area (Å²) in [4.78, 5) is 0. The molecule has 0 saturated carbocycles. The molecule has 0 nitrogen and oxygen atoms in total. The molecule has 0 bridgehead atoms. The highest BCUT2D eigenvalue weighted by Gasteiger charge is 2.26. The van der Waals surface area contributed by atoms with E-state index in [1.165, 1.54) is 161 Å². The van der Waals surface area contributed by atoms with Crippen molar-refractivity contribution in [1.82, 2.24) is 0 Å². The summed E-state index contributed by atoms with van der Waals surface area (Å²) in [6.45, 7) is 0. The molecule has 0 amide bonds. The van der Waals surface area contributed by atoms with E-state index in [4.69, 9.17) is 0 Å². The molecule has 2 aliphatic rings. The van der Waals surface area contributed by atoms with Crippen molar-refractivity contribution in [1.29, 1.82) is 0 Å². The van der Waals surface area contributed by atoms with Gasteiger partial charge in [-0.3, -0.25) is 0 Å². The van der Waals surface area contributed by atoms with E-state index in [1.54, 1.807) is 0 Å². The van der Waals surface area contributed by atoms with E-state index in [2.05, 4.69) is 218 Å². The van der Waals surface area contributed by atoms with Gasteiger partial charge in [-0.1, -0.05) is 206 Å². The van der Waals surface area contributed by atoms with E-state index >= 15 is 0 Å². The Morgan fingerprint density at radius 2 is 0.792 bits per heavy atom. The molecule has 0 fully saturated rings. The largest absolute Gasteiger partial charge is 0.134 e. The van der Waals surface area contributed by atoms with Crippen molar-refractivity contribution in [3.8, 4) is 44.5 Å². The van der Waals surface area contributed by atoms with Gasteiger partial charge in [0.05, 0.1) is 9.40 Å². The standard InChI is InChI=1S/C70H44S2/c1-3-21-45-41(17-1)19-15-33-47(45)65-53-27-9-5-23-49(53)63(50-24-6-10-28-54(50)65)43-35-37-59-61(39-43)71-69-67(59)57-31-13-14-32-58(57)68-60-38-36-44(40-62(60)72-70(68)69)64-51-25-7-11-29-55(51)66(56-30-12-8-26-52(56)64)48-34-16-20-42-18-2-4-22-46(42)48/h1,3-7,9-17,19-25,27-40H,2,8,18,26H2. The summed E-state index contributed by atoms with van der Waals surface area (Å²) in [5.41, 5.74) is 16.3. The van der Waals surface area contributed by atoms with Gasteiger partial charge in [0, 0.05) is 30.9 Å². The number of fused-ring (bicyclic) bond motifs is 16. The highest BCUT2D eigenvalue weighted by atomic mass is 32.1. The van der Waals surface area contributed by atoms with Crippen LogP contribution in [0, 0.1) is 0 Å². The Kier molecular flexibility index (Phi) is 8.84. The summed E-state index contributed by atoms with van der Waals surface area (Å²) in [7, 11) is 0. The maximum atomic E-state index is 2.53. The number of thiophene rings is 2. The third-order valence-electron chi connectivity index (χ3n) is 16.2. The van der Waals surface area contributed by atoms with Gasteiger partial charge in [0.15, 0.2) is 0 Å². The molecule has 2 aromatic heterocycles. The minimum absolute atomic E-state index is 1.03. The molecule has 72 heavy (non-hydrogen) atoms. The van der Waals surface area contributed by atoms with Gasteiger partial charge in [0.25, 0.3) is 0 Å². The van der Waals surface area contributed by atoms with Crippen LogP contribution in [0.1, 0.15) is 35.1 Å². The maximum Gasteiger partial charge on any atom is 0.0540 e. The zero-order valence-electron chi connectivity index (χ0n) is 39.4. The van der Waals surface area contributed by atoms with Crippen molar-refractivity contribution in [3.63, 3.8) is 0 Å². The molecule has 0 atom stereocenters. The van der Waals surface area contributed by atoms with E-state index in [-0.39, 0.29) is 0 Å². The predicted molar refractivity (Wildman–Crippen MR) is 316 cm³/mol. The second-order valence-electron chi connectivity index (χ2n) is 19.9. The van der Waals surface area contributed by atoms with Gasteiger partial charge in [-0.2, -0.15) is 0 Å². The Labute approximate surface area is 425 Å². The van der Waals surface area contributed by atoms with Crippen molar-refractivity contribution < 1.29 is 0 Å². The Bertz CT molecular complexity index is 4680. The van der Waals surface area contributed by atoms with Crippen molar-refractivity contribution in [3.05, 3.63) is 229 Å². The van der Waals surface area contributed by atoms with Crippen LogP contribution in [0.2, 0.25) is 0 Å². The summed E-state index contributed by atoms with van der Waals surface area (Å²) in [6, 6.07) is 73.7. The number of hydrogen-bond acceptors (Lipinski definition) is 2. The summed E-state index contributed by atoms with van der Waals surface area (Å²) < 4.78 is 5.45. The average molecular weight is 949 g/mol. The molecule has 2 heterocycles. The molecule has 2 aliphatic carbocycles. The second kappa shape index (κ2) is 15.7. The first kappa shape index (κ1) is 40.6. The van der Waals surface area contributed by atoms with Crippen LogP contribution in [0.15, 0.2) is 206 Å². The van der Waals surface area contributed by atoms with Crippen molar-refractivity contribution in [2.45, 2.75) is 25.7 Å². The third-order valence-corrected chi connectivity index (χ3v) is 18.6. The Morgan fingerprint density at radius 1 is 0.319 bits per heavy atom. The Hall–Kier alpha value is -8.14. The molecule has 2 heteroatoms. The van der Waals surface area contributed by atoms with Gasteiger partial charge in [0.2, 0.25) is 0 Å². The third kappa shape index (κ3) is 5.79. The lowest BCUT2D eigenvalue weighted by molar-refractivity contribution is 0.984. The first-order chi connectivity index (χ1) is 35.7. The molecule has 0 N–H and O–H groups in total. The molecular weight excluding hydrogens is 905 g/mol. The summed E-state index contributed by atoms with van der Waals surface area (Å²) in [5.74, 6) is 0. The number of aryl methyl sites for hydroxylation is 1. The fraction of sp³-hybridized carbons (Fsp3) is 0.0571. The van der Waals surface area contributed by atoms with Crippen molar-refractivity contribution in [2.24, 2.45) is 0 Å². The predicted octanol–water partition coefficient (Wildman–Crippen LogP) is 20.8. The van der Waals surface area contributed by atoms with Gasteiger partial charge in [-0.15, -0.1) is 22.7 Å². The van der Waals surface area contributed by atoms with Crippen LogP contribution in [-0.2, 0) is 12.8 Å². The summed E-state index contributed by atoms with van der Waals surface area (Å²) in [5, 5.41) is 18.4. The van der Waals surface area contributed by atoms with Crippen LogP contribution in [0.4, 0.5) is 0 Å². The molecule has 0 saturated heterocycles. The van der Waals surface area contributed by atoms with Gasteiger partial charge in [0.1, 0.15) is 0 Å². The quantitative estimate of drug-likeness (QED) is 0.154. The van der Waals surface area contributed by atoms with Crippen LogP contribution in [-0.4, -0.2) is 0 Å². The van der Waals surface area contributed by atoms with Gasteiger partial charge in [-0.25, -0.2) is 0 Å². The molecule has 12 aromatic carbocycles. The lowest BCUT2D eigenvalue weighted by Gasteiger charge is -2.25. The smallest absolute Gasteiger partial charge is 0.0540 e. The van der Waals surface area contributed by atoms with Crippen molar-refractivity contribution >= 4 is 129 Å². The highest BCUT2D eigenvalue weighted by molar-refractivity contribution is 7.34. The number of rotatable bonds is 4. The van der Waals surface area contributed by atoms with Gasteiger partial charge < -0.3 is 0 Å². The minimum atomic E-state index is 1.03. The summed E-state index contributed by atoms with van der Waals surface area (Å²) in [6.07, 6.45) is 13.8. The van der Waals surface area contributed by atoms with Gasteiger partial charge in [-0.05, 0) is 158 Å². The van der Waals surface area contributed by atoms with Crippen LogP contribution < -0.4 is 0 Å². The van der Waals surface area contributed by atoms with E-state index in [1.807, 2.05) is 22.7 Å². The fourth-order valence-corrected chi connectivity index (χ4v) is 15.8. The van der Waals surface area contributed by atoms with Crippen molar-refractivity contribution in [2.75, 3.05) is 0 Å². The highest BCUT2D eigenvalue weighted by Crippen LogP contribution is 2.53. The minimum Gasteiger partial charge on any atom is -0.134 e. The van der Waals surface area contributed by atoms with E-state index in [0.717, 1.165) is 25.7 Å². The first-order valence-electron chi connectivity index (χ1n) is 25.4. The van der Waals surface area contributed by atoms with E-state index in [9.17, 15) is 0 Å². The normalized spacial score (nSPS) is 13.5. The lowest BCUT2D eigenvalue weighted by Crippen LogP contribution is -2.04. The van der Waals surface area contributed by atoms with E-state index in [0.29, 0.717) is 0 Å². The molecule has 0 radical (unpaired) electrons. The molecule has 0 unspecified atom stereocenters. The Morgan fingerprint density at radius 3 is 1.43 bits per heavy atom. The average Bonchev–Trinajstić information content (AvgIpc) is 4.03. The maximum absolute atomic E-state index is 2.53. The number of allylic oxidation sites excluding steroid dienone is 2. The number of benzene rings is 12. The molecule has 16 rings (SSSR count). The summed E-state index contributed by atoms with van der Waals surface area (Å²) >= 11 is 3.95.